The maximum atomic E-state index is 12.7. The minimum absolute atomic E-state index is 0.0188. The number of esters is 1. The molecule has 1 amide bonds. The summed E-state index contributed by atoms with van der Waals surface area (Å²) in [5, 5.41) is 13.2. The maximum absolute atomic E-state index is 12.7. The number of ether oxygens (including phenoxy) is 2. The molecule has 2 N–H and O–H groups in total. The van der Waals surface area contributed by atoms with Gasteiger partial charge in [0.15, 0.2) is 0 Å². The molecule has 0 fully saturated rings. The number of hydrogen-bond donors (Lipinski definition) is 2. The van der Waals surface area contributed by atoms with E-state index in [-0.39, 0.29) is 27.7 Å². The molecule has 158 valence electrons. The first-order valence-electron chi connectivity index (χ1n) is 9.05. The predicted molar refractivity (Wildman–Crippen MR) is 111 cm³/mol. The Morgan fingerprint density at radius 1 is 1.17 bits per heavy atom. The Morgan fingerprint density at radius 2 is 1.87 bits per heavy atom. The number of nitrogens with one attached hydrogen (secondary N) is 1. The summed E-state index contributed by atoms with van der Waals surface area (Å²) < 4.78 is 16.0. The van der Waals surface area contributed by atoms with E-state index in [2.05, 4.69) is 5.32 Å². The highest BCUT2D eigenvalue weighted by atomic mass is 35.5. The lowest BCUT2D eigenvalue weighted by Gasteiger charge is -2.21. The maximum Gasteiger partial charge on any atom is 0.408 e. The van der Waals surface area contributed by atoms with Crippen LogP contribution in [0.2, 0.25) is 5.02 Å². The smallest absolute Gasteiger partial charge is 0.408 e. The van der Waals surface area contributed by atoms with Crippen LogP contribution in [0.25, 0.3) is 21.9 Å². The van der Waals surface area contributed by atoms with Crippen molar-refractivity contribution >= 4 is 45.6 Å². The summed E-state index contributed by atoms with van der Waals surface area (Å²) in [6.45, 7) is 6.50. The molecule has 1 atom stereocenters. The van der Waals surface area contributed by atoms with E-state index in [9.17, 15) is 19.5 Å². The van der Waals surface area contributed by atoms with Crippen LogP contribution in [0.15, 0.2) is 39.5 Å². The van der Waals surface area contributed by atoms with Gasteiger partial charge in [-0.25, -0.2) is 9.59 Å². The molecule has 1 heterocycles. The van der Waals surface area contributed by atoms with E-state index in [1.54, 1.807) is 26.8 Å². The van der Waals surface area contributed by atoms with Crippen molar-refractivity contribution in [1.29, 1.82) is 0 Å². The lowest BCUT2D eigenvalue weighted by Crippen LogP contribution is -2.43. The lowest BCUT2D eigenvalue weighted by atomic mass is 10.1. The molecule has 3 aromatic rings. The molecule has 0 spiro atoms. The van der Waals surface area contributed by atoms with Gasteiger partial charge in [-0.3, -0.25) is 4.79 Å². The largest absolute Gasteiger partial charge is 0.507 e. The number of halogens is 1. The average molecular weight is 434 g/mol. The molecule has 0 saturated heterocycles. The van der Waals surface area contributed by atoms with E-state index in [1.165, 1.54) is 25.1 Å². The fraction of sp³-hybridized carbons (Fsp3) is 0.286. The van der Waals surface area contributed by atoms with Crippen LogP contribution in [0.5, 0.6) is 11.5 Å². The minimum Gasteiger partial charge on any atom is -0.507 e. The van der Waals surface area contributed by atoms with E-state index in [1.807, 2.05) is 0 Å². The van der Waals surface area contributed by atoms with Crippen LogP contribution in [0.1, 0.15) is 27.7 Å². The van der Waals surface area contributed by atoms with Crippen LogP contribution in [0, 0.1) is 0 Å². The van der Waals surface area contributed by atoms with Gasteiger partial charge in [0.25, 0.3) is 0 Å². The van der Waals surface area contributed by atoms with Crippen molar-refractivity contribution in [3.05, 3.63) is 45.6 Å². The summed E-state index contributed by atoms with van der Waals surface area (Å²) >= 11 is 5.94. The number of carbonyl (C=O) groups excluding carboxylic acids is 2. The fourth-order valence-corrected chi connectivity index (χ4v) is 2.88. The molecule has 0 bridgehead atoms. The molecule has 30 heavy (non-hydrogen) atoms. The first-order valence-corrected chi connectivity index (χ1v) is 9.43. The summed E-state index contributed by atoms with van der Waals surface area (Å²) in [5.41, 5.74) is -0.924. The molecule has 1 unspecified atom stereocenters. The second kappa shape index (κ2) is 7.87. The Bertz CT molecular complexity index is 1210. The number of carbonyl (C=O) groups is 2. The topological polar surface area (TPSA) is 115 Å². The first kappa shape index (κ1) is 21.4. The van der Waals surface area contributed by atoms with Crippen LogP contribution in [-0.2, 0) is 9.53 Å². The number of fused-ring (bicyclic) bond motifs is 2. The summed E-state index contributed by atoms with van der Waals surface area (Å²) in [5.74, 6) is -1.27. The molecule has 3 rings (SSSR count). The highest BCUT2D eigenvalue weighted by Crippen LogP contribution is 2.31. The molecule has 0 radical (unpaired) electrons. The van der Waals surface area contributed by atoms with Gasteiger partial charge < -0.3 is 24.3 Å². The minimum atomic E-state index is -1.03. The van der Waals surface area contributed by atoms with E-state index in [0.29, 0.717) is 5.02 Å². The van der Waals surface area contributed by atoms with Crippen LogP contribution >= 0.6 is 11.6 Å². The Hall–Kier alpha value is -3.26. The molecular weight excluding hydrogens is 414 g/mol. The quantitative estimate of drug-likeness (QED) is 0.362. The standard InChI is InChI=1S/C21H20ClNO7/c1-10(23-20(27)30-21(2,3)4)19(26)28-12-8-14(24)17-16(9-12)29-15-7-11(22)5-6-13(15)18(17)25/h5-10,24H,1-4H3,(H,23,27). The molecule has 9 heteroatoms. The third-order valence-corrected chi connectivity index (χ3v) is 4.23. The third kappa shape index (κ3) is 4.65. The highest BCUT2D eigenvalue weighted by Gasteiger charge is 2.23. The third-order valence-electron chi connectivity index (χ3n) is 4.00. The first-order chi connectivity index (χ1) is 13.9. The van der Waals surface area contributed by atoms with Crippen LogP contribution < -0.4 is 15.5 Å². The van der Waals surface area contributed by atoms with Gasteiger partial charge in [0.2, 0.25) is 5.43 Å². The van der Waals surface area contributed by atoms with Crippen molar-refractivity contribution in [2.24, 2.45) is 0 Å². The molecule has 8 nitrogen and oxygen atoms in total. The van der Waals surface area contributed by atoms with E-state index >= 15 is 0 Å². The summed E-state index contributed by atoms with van der Waals surface area (Å²) in [6.07, 6.45) is -0.775. The molecule has 0 aliphatic rings. The van der Waals surface area contributed by atoms with Crippen LogP contribution in [-0.4, -0.2) is 28.8 Å². The van der Waals surface area contributed by atoms with Gasteiger partial charge >= 0.3 is 12.1 Å². The predicted octanol–water partition coefficient (Wildman–Crippen LogP) is 4.12. The highest BCUT2D eigenvalue weighted by molar-refractivity contribution is 6.31. The number of phenolic OH excluding ortho intramolecular Hbond substituents is 1. The van der Waals surface area contributed by atoms with Gasteiger partial charge in [0.05, 0.1) is 5.39 Å². The van der Waals surface area contributed by atoms with Crippen molar-refractivity contribution in [3.8, 4) is 11.5 Å². The number of alkyl carbamates (subject to hydrolysis) is 1. The average Bonchev–Trinajstić information content (AvgIpc) is 2.59. The molecule has 0 aliphatic carbocycles. The van der Waals surface area contributed by atoms with E-state index < -0.39 is 34.9 Å². The number of aromatic hydroxyl groups is 1. The van der Waals surface area contributed by atoms with Gasteiger partial charge in [-0.05, 0) is 39.8 Å². The van der Waals surface area contributed by atoms with Gasteiger partial charge in [0, 0.05) is 23.2 Å². The molecule has 2 aromatic carbocycles. The summed E-state index contributed by atoms with van der Waals surface area (Å²) in [7, 11) is 0. The fourth-order valence-electron chi connectivity index (χ4n) is 2.71. The zero-order valence-electron chi connectivity index (χ0n) is 16.7. The summed E-state index contributed by atoms with van der Waals surface area (Å²) in [4.78, 5) is 36.8. The second-order valence-electron chi connectivity index (χ2n) is 7.68. The number of benzene rings is 2. The summed E-state index contributed by atoms with van der Waals surface area (Å²) in [6, 6.07) is 5.91. The van der Waals surface area contributed by atoms with Gasteiger partial charge in [-0.2, -0.15) is 0 Å². The zero-order chi connectivity index (χ0) is 22.2. The van der Waals surface area contributed by atoms with Crippen LogP contribution in [0.4, 0.5) is 4.79 Å². The van der Waals surface area contributed by atoms with Crippen molar-refractivity contribution in [3.63, 3.8) is 0 Å². The molecule has 1 aromatic heterocycles. The molecule has 0 aliphatic heterocycles. The van der Waals surface area contributed by atoms with Crippen molar-refractivity contribution in [2.45, 2.75) is 39.3 Å². The monoisotopic (exact) mass is 433 g/mol. The Labute approximate surface area is 176 Å². The van der Waals surface area contributed by atoms with Crippen molar-refractivity contribution in [1.82, 2.24) is 5.32 Å². The van der Waals surface area contributed by atoms with E-state index in [0.717, 1.165) is 6.07 Å². The van der Waals surface area contributed by atoms with Gasteiger partial charge in [-0.1, -0.05) is 11.6 Å². The lowest BCUT2D eigenvalue weighted by molar-refractivity contribution is -0.136. The number of rotatable bonds is 3. The number of phenols is 1. The Kier molecular flexibility index (Phi) is 5.63. The molecular formula is C21H20ClNO7. The SMILES string of the molecule is CC(NC(=O)OC(C)(C)C)C(=O)Oc1cc(O)c2c(=O)c3ccc(Cl)cc3oc2c1. The number of amides is 1. The van der Waals surface area contributed by atoms with Gasteiger partial charge in [-0.15, -0.1) is 0 Å². The Balaban J connectivity index is 1.88. The zero-order valence-corrected chi connectivity index (χ0v) is 17.5. The van der Waals surface area contributed by atoms with E-state index in [4.69, 9.17) is 25.5 Å². The van der Waals surface area contributed by atoms with Gasteiger partial charge in [0.1, 0.15) is 39.7 Å². The van der Waals surface area contributed by atoms with Crippen molar-refractivity contribution < 1.29 is 28.6 Å². The van der Waals surface area contributed by atoms with Crippen molar-refractivity contribution in [2.75, 3.05) is 0 Å². The Morgan fingerprint density at radius 3 is 2.53 bits per heavy atom. The normalized spacial score (nSPS) is 12.6. The second-order valence-corrected chi connectivity index (χ2v) is 8.11. The molecule has 0 saturated carbocycles. The van der Waals surface area contributed by atoms with Crippen LogP contribution in [0.3, 0.4) is 0 Å². The number of hydrogen-bond acceptors (Lipinski definition) is 7.